The molecule has 4 heteroatoms. The molecule has 0 heterocycles. The zero-order chi connectivity index (χ0) is 20.0. The fourth-order valence-electron chi connectivity index (χ4n) is 5.77. The first-order chi connectivity index (χ1) is 13.4. The van der Waals surface area contributed by atoms with Gasteiger partial charge >= 0.3 is 173 Å². The smallest absolute Gasteiger partial charge is 0.147 e. The summed E-state index contributed by atoms with van der Waals surface area (Å²) in [6, 6.07) is 23.0. The maximum Gasteiger partial charge on any atom is -0.147 e. The summed E-state index contributed by atoms with van der Waals surface area (Å²) in [4.78, 5) is 0. The van der Waals surface area contributed by atoms with Gasteiger partial charge in [0.15, 0.2) is 0 Å². The van der Waals surface area contributed by atoms with Gasteiger partial charge in [0.25, 0.3) is 0 Å². The molecule has 158 valence electrons. The number of rotatable bonds is 4. The Morgan fingerprint density at radius 1 is 0.600 bits per heavy atom. The van der Waals surface area contributed by atoms with Crippen LogP contribution in [0.5, 0.6) is 0 Å². The Balaban J connectivity index is 0.00000160. The van der Waals surface area contributed by atoms with Gasteiger partial charge in [-0.3, -0.25) is 0 Å². The van der Waals surface area contributed by atoms with Gasteiger partial charge in [0, 0.05) is 0 Å². The summed E-state index contributed by atoms with van der Waals surface area (Å²) >= 11 is -4.13. The molecular weight excluding hydrogens is 590 g/mol. The Morgan fingerprint density at radius 3 is 1.20 bits per heavy atom. The third-order valence-corrected chi connectivity index (χ3v) is 45.8. The molecule has 0 spiro atoms. The normalized spacial score (nSPS) is 16.7. The van der Waals surface area contributed by atoms with Crippen molar-refractivity contribution in [1.82, 2.24) is 0 Å². The molecule has 0 unspecified atom stereocenters. The van der Waals surface area contributed by atoms with Crippen LogP contribution in [0, 0.1) is 0 Å². The molecule has 2 aromatic carbocycles. The first-order valence-corrected chi connectivity index (χ1v) is 25.8. The second-order valence-electron chi connectivity index (χ2n) is 8.85. The Kier molecular flexibility index (Phi) is 7.84. The molecule has 0 saturated carbocycles. The maximum absolute atomic E-state index is 4.13. The molecule has 0 aliphatic heterocycles. The Hall–Kier alpha value is -0.933. The molecule has 30 heavy (non-hydrogen) atoms. The first kappa shape index (κ1) is 25.3. The van der Waals surface area contributed by atoms with Crippen molar-refractivity contribution in [3.8, 4) is 0 Å². The summed E-state index contributed by atoms with van der Waals surface area (Å²) in [5.74, 6) is 0. The summed E-state index contributed by atoms with van der Waals surface area (Å²) < 4.78 is 6.70. The standard InChI is InChI=1S/2C7H9.2C6H5.2ClH.Hf.H2Si/c2*1-6-3-4-7(2)5-6;2*1-2-4-6-5-3-1;;;;/h2*5H,3H2,1-2H3;2*1-5H;2*1H;;1H2. The fraction of sp³-hybridized carbons (Fsp3) is 0.231. The van der Waals surface area contributed by atoms with Crippen LogP contribution in [0.3, 0.4) is 0 Å². The van der Waals surface area contributed by atoms with E-state index in [2.05, 4.69) is 107 Å². The van der Waals surface area contributed by atoms with Gasteiger partial charge in [0.05, 0.1) is 0 Å². The van der Waals surface area contributed by atoms with E-state index < -0.39 is 17.1 Å². The Labute approximate surface area is 196 Å². The van der Waals surface area contributed by atoms with Gasteiger partial charge in [0.1, 0.15) is 0 Å². The minimum absolute atomic E-state index is 0. The predicted molar refractivity (Wildman–Crippen MR) is 137 cm³/mol. The van der Waals surface area contributed by atoms with Crippen molar-refractivity contribution in [2.24, 2.45) is 0 Å². The van der Waals surface area contributed by atoms with E-state index in [0.717, 1.165) is 12.8 Å². The molecule has 0 nitrogen and oxygen atoms in total. The van der Waals surface area contributed by atoms with Gasteiger partial charge in [-0.2, -0.15) is 0 Å². The van der Waals surface area contributed by atoms with E-state index in [4.69, 9.17) is 0 Å². The van der Waals surface area contributed by atoms with Crippen LogP contribution in [0.1, 0.15) is 40.5 Å². The van der Waals surface area contributed by atoms with Gasteiger partial charge < -0.3 is 0 Å². The van der Waals surface area contributed by atoms with Crippen molar-refractivity contribution in [2.75, 3.05) is 0 Å². The van der Waals surface area contributed by atoms with E-state index in [1.165, 1.54) is 22.3 Å². The van der Waals surface area contributed by atoms with Crippen LogP contribution in [0.2, 0.25) is 0 Å². The molecular formula is C26H32Cl2HfSi. The van der Waals surface area contributed by atoms with Gasteiger partial charge in [-0.1, -0.05) is 0 Å². The molecule has 2 aliphatic rings. The quantitative estimate of drug-likeness (QED) is 0.370. The van der Waals surface area contributed by atoms with Crippen LogP contribution in [0.4, 0.5) is 0 Å². The fourth-order valence-corrected chi connectivity index (χ4v) is 42.0. The Bertz CT molecular complexity index is 1040. The van der Waals surface area contributed by atoms with Crippen molar-refractivity contribution in [1.29, 1.82) is 0 Å². The molecule has 2 aliphatic carbocycles. The average Bonchev–Trinajstić information content (AvgIpc) is 3.23. The molecule has 0 aromatic heterocycles. The van der Waals surface area contributed by atoms with Crippen LogP contribution < -0.4 is 6.64 Å². The van der Waals surface area contributed by atoms with E-state index in [1.807, 2.05) is 0 Å². The molecule has 0 bridgehead atoms. The van der Waals surface area contributed by atoms with Crippen molar-refractivity contribution in [2.45, 2.75) is 40.5 Å². The third kappa shape index (κ3) is 3.64. The molecule has 0 atom stereocenters. The summed E-state index contributed by atoms with van der Waals surface area (Å²) in [7, 11) is 0. The van der Waals surface area contributed by atoms with Crippen molar-refractivity contribution in [3.05, 3.63) is 102 Å². The Morgan fingerprint density at radius 2 is 0.933 bits per heavy atom. The number of halogens is 2. The molecule has 0 amide bonds. The minimum atomic E-state index is -4.13. The molecule has 2 aromatic rings. The third-order valence-electron chi connectivity index (χ3n) is 6.94. The molecule has 0 saturated heterocycles. The number of allylic oxidation sites excluding steroid dienone is 8. The van der Waals surface area contributed by atoms with Crippen molar-refractivity contribution < 1.29 is 17.1 Å². The number of benzene rings is 2. The summed E-state index contributed by atoms with van der Waals surface area (Å²) in [6.07, 6.45) is 7.14. The van der Waals surface area contributed by atoms with Crippen molar-refractivity contribution >= 4 is 38.4 Å². The van der Waals surface area contributed by atoms with Crippen LogP contribution in [0.25, 0.3) is 0 Å². The largest absolute Gasteiger partial charge is 0.147 e. The minimum Gasteiger partial charge on any atom is -0.147 e. The van der Waals surface area contributed by atoms with E-state index in [1.54, 1.807) is 13.3 Å². The second kappa shape index (κ2) is 9.28. The zero-order valence-electron chi connectivity index (χ0n) is 18.4. The summed E-state index contributed by atoms with van der Waals surface area (Å²) in [5, 5.41) is 0. The van der Waals surface area contributed by atoms with E-state index in [9.17, 15) is 0 Å². The molecule has 0 radical (unpaired) electrons. The summed E-state index contributed by atoms with van der Waals surface area (Å²) in [6.45, 7) is 11.7. The monoisotopic (exact) mass is 622 g/mol. The van der Waals surface area contributed by atoms with Crippen LogP contribution in [-0.2, 0) is 17.1 Å². The van der Waals surface area contributed by atoms with Crippen LogP contribution in [0.15, 0.2) is 102 Å². The zero-order valence-corrected chi connectivity index (χ0v) is 25.0. The van der Waals surface area contributed by atoms with Crippen molar-refractivity contribution in [3.63, 3.8) is 0 Å². The number of hydrogen-bond acceptors (Lipinski definition) is 0. The average molecular weight is 622 g/mol. The van der Waals surface area contributed by atoms with E-state index >= 15 is 0 Å². The van der Waals surface area contributed by atoms with Gasteiger partial charge in [-0.05, 0) is 0 Å². The number of hydrogen-bond donors (Lipinski definition) is 0. The predicted octanol–water partition coefficient (Wildman–Crippen LogP) is 5.97. The van der Waals surface area contributed by atoms with Crippen LogP contribution in [-0.4, -0.2) is 6.94 Å². The maximum atomic E-state index is 2.44. The van der Waals surface area contributed by atoms with Gasteiger partial charge in [0.2, 0.25) is 0 Å². The molecule has 0 N–H and O–H groups in total. The van der Waals surface area contributed by atoms with E-state index in [0.29, 0.717) is 0 Å². The first-order valence-electron chi connectivity index (χ1n) is 10.2. The van der Waals surface area contributed by atoms with Crippen LogP contribution >= 0.6 is 24.8 Å². The summed E-state index contributed by atoms with van der Waals surface area (Å²) in [5.41, 5.74) is 6.05. The topological polar surface area (TPSA) is 0 Å². The van der Waals surface area contributed by atoms with E-state index in [-0.39, 0.29) is 24.8 Å². The molecule has 0 fully saturated rings. The van der Waals surface area contributed by atoms with Gasteiger partial charge in [-0.15, -0.1) is 24.8 Å². The van der Waals surface area contributed by atoms with Gasteiger partial charge in [-0.25, -0.2) is 0 Å². The molecule has 4 rings (SSSR count). The second-order valence-corrected chi connectivity index (χ2v) is 39.4. The SMILES string of the molecule is CC1=CC(C)=[C]([Hf](=[SiH2])([C]2=C(C)C=C(C)C2)([c]2ccccc2)[c]2ccccc2)C1.Cl.Cl.